The first kappa shape index (κ1) is 11.5. The highest BCUT2D eigenvalue weighted by atomic mass is 16.2. The van der Waals surface area contributed by atoms with Gasteiger partial charge in [-0.2, -0.15) is 0 Å². The zero-order valence-electron chi connectivity index (χ0n) is 9.52. The first-order valence-corrected chi connectivity index (χ1v) is 5.47. The van der Waals surface area contributed by atoms with Gasteiger partial charge in [-0.25, -0.2) is 0 Å². The van der Waals surface area contributed by atoms with Crippen LogP contribution in [0.3, 0.4) is 0 Å². The second-order valence-electron chi connectivity index (χ2n) is 5.15. The summed E-state index contributed by atoms with van der Waals surface area (Å²) in [5.74, 6) is -0.0418. The Balaban J connectivity index is 2.30. The smallest absolute Gasteiger partial charge is 0.239 e. The van der Waals surface area contributed by atoms with Gasteiger partial charge in [-0.05, 0) is 38.5 Å². The molecular formula is C11H22N2O. The van der Waals surface area contributed by atoms with E-state index in [1.165, 1.54) is 25.7 Å². The molecule has 0 aromatic carbocycles. The molecule has 0 unspecified atom stereocenters. The number of carbonyl (C=O) groups excluding carboxylic acids is 1. The predicted molar refractivity (Wildman–Crippen MR) is 57.9 cm³/mol. The van der Waals surface area contributed by atoms with Gasteiger partial charge in [-0.1, -0.05) is 13.3 Å². The number of nitrogens with one attached hydrogen (secondary N) is 1. The van der Waals surface area contributed by atoms with Gasteiger partial charge in [-0.3, -0.25) is 4.79 Å². The maximum atomic E-state index is 11.5. The van der Waals surface area contributed by atoms with E-state index < -0.39 is 5.54 Å². The number of nitrogens with two attached hydrogens (primary N) is 1. The van der Waals surface area contributed by atoms with Crippen molar-refractivity contribution >= 4 is 5.91 Å². The SMILES string of the molecule is CCCC1(CNC(=O)C(C)(C)N)CC1. The summed E-state index contributed by atoms with van der Waals surface area (Å²) in [5, 5.41) is 2.95. The summed E-state index contributed by atoms with van der Waals surface area (Å²) in [6.07, 6.45) is 4.93. The lowest BCUT2D eigenvalue weighted by atomic mass is 9.99. The molecule has 1 aliphatic carbocycles. The van der Waals surface area contributed by atoms with Gasteiger partial charge in [0.15, 0.2) is 0 Å². The third-order valence-electron chi connectivity index (χ3n) is 2.95. The Morgan fingerprint density at radius 3 is 2.43 bits per heavy atom. The molecule has 3 nitrogen and oxygen atoms in total. The normalized spacial score (nSPS) is 19.1. The minimum atomic E-state index is -0.748. The molecule has 0 heterocycles. The molecule has 0 aromatic rings. The summed E-state index contributed by atoms with van der Waals surface area (Å²) in [7, 11) is 0. The van der Waals surface area contributed by atoms with Gasteiger partial charge >= 0.3 is 0 Å². The van der Waals surface area contributed by atoms with Crippen LogP contribution in [-0.4, -0.2) is 18.0 Å². The number of rotatable bonds is 5. The monoisotopic (exact) mass is 198 g/mol. The van der Waals surface area contributed by atoms with Crippen molar-refractivity contribution in [2.24, 2.45) is 11.1 Å². The molecule has 3 N–H and O–H groups in total. The van der Waals surface area contributed by atoms with Gasteiger partial charge < -0.3 is 11.1 Å². The molecule has 82 valence electrons. The summed E-state index contributed by atoms with van der Waals surface area (Å²) in [5.41, 5.74) is 5.36. The average Bonchev–Trinajstić information content (AvgIpc) is 2.80. The van der Waals surface area contributed by atoms with E-state index in [4.69, 9.17) is 5.73 Å². The van der Waals surface area contributed by atoms with E-state index in [9.17, 15) is 4.79 Å². The third kappa shape index (κ3) is 2.98. The van der Waals surface area contributed by atoms with E-state index in [0.717, 1.165) is 6.54 Å². The Morgan fingerprint density at radius 2 is 2.07 bits per heavy atom. The van der Waals surface area contributed by atoms with Gasteiger partial charge in [-0.15, -0.1) is 0 Å². The molecule has 0 saturated heterocycles. The molecule has 1 aliphatic rings. The highest BCUT2D eigenvalue weighted by Crippen LogP contribution is 2.48. The van der Waals surface area contributed by atoms with Crippen LogP contribution in [0.4, 0.5) is 0 Å². The number of amides is 1. The maximum Gasteiger partial charge on any atom is 0.239 e. The second kappa shape index (κ2) is 3.89. The summed E-state index contributed by atoms with van der Waals surface area (Å²) >= 11 is 0. The first-order chi connectivity index (χ1) is 6.40. The molecule has 0 spiro atoms. The quantitative estimate of drug-likeness (QED) is 0.702. The average molecular weight is 198 g/mol. The highest BCUT2D eigenvalue weighted by molar-refractivity contribution is 5.85. The largest absolute Gasteiger partial charge is 0.354 e. The van der Waals surface area contributed by atoms with Crippen LogP contribution >= 0.6 is 0 Å². The fourth-order valence-corrected chi connectivity index (χ4v) is 1.72. The van der Waals surface area contributed by atoms with Crippen molar-refractivity contribution in [3.8, 4) is 0 Å². The van der Waals surface area contributed by atoms with Crippen LogP contribution in [0.15, 0.2) is 0 Å². The van der Waals surface area contributed by atoms with Crippen LogP contribution in [0.5, 0.6) is 0 Å². The molecule has 1 fully saturated rings. The molecule has 0 atom stereocenters. The number of carbonyl (C=O) groups is 1. The van der Waals surface area contributed by atoms with Gasteiger partial charge in [0.1, 0.15) is 0 Å². The minimum Gasteiger partial charge on any atom is -0.354 e. The molecule has 1 rings (SSSR count). The Hall–Kier alpha value is -0.570. The topological polar surface area (TPSA) is 55.1 Å². The Bertz CT molecular complexity index is 214. The summed E-state index contributed by atoms with van der Waals surface area (Å²) < 4.78 is 0. The third-order valence-corrected chi connectivity index (χ3v) is 2.95. The van der Waals surface area contributed by atoms with Crippen molar-refractivity contribution in [2.45, 2.75) is 52.0 Å². The first-order valence-electron chi connectivity index (χ1n) is 5.47. The van der Waals surface area contributed by atoms with E-state index in [1.807, 2.05) is 0 Å². The number of hydrogen-bond acceptors (Lipinski definition) is 2. The standard InChI is InChI=1S/C11H22N2O/c1-4-5-11(6-7-11)8-13-9(14)10(2,3)12/h4-8,12H2,1-3H3,(H,13,14). The highest BCUT2D eigenvalue weighted by Gasteiger charge is 2.42. The second-order valence-corrected chi connectivity index (χ2v) is 5.15. The Kier molecular flexibility index (Phi) is 3.20. The Morgan fingerprint density at radius 1 is 1.50 bits per heavy atom. The van der Waals surface area contributed by atoms with Crippen molar-refractivity contribution < 1.29 is 4.79 Å². The fraction of sp³-hybridized carbons (Fsp3) is 0.909. The van der Waals surface area contributed by atoms with Crippen LogP contribution in [0.1, 0.15) is 46.5 Å². The van der Waals surface area contributed by atoms with Crippen molar-refractivity contribution in [2.75, 3.05) is 6.54 Å². The van der Waals surface area contributed by atoms with Crippen molar-refractivity contribution in [3.63, 3.8) is 0 Å². The summed E-state index contributed by atoms with van der Waals surface area (Å²) in [6.45, 7) is 6.47. The lowest BCUT2D eigenvalue weighted by molar-refractivity contribution is -0.125. The van der Waals surface area contributed by atoms with Gasteiger partial charge in [0.2, 0.25) is 5.91 Å². The van der Waals surface area contributed by atoms with Crippen molar-refractivity contribution in [1.29, 1.82) is 0 Å². The Labute approximate surface area is 86.4 Å². The van der Waals surface area contributed by atoms with Crippen LogP contribution in [-0.2, 0) is 4.79 Å². The molecule has 0 aromatic heterocycles. The van der Waals surface area contributed by atoms with E-state index in [0.29, 0.717) is 5.41 Å². The van der Waals surface area contributed by atoms with E-state index in [2.05, 4.69) is 12.2 Å². The van der Waals surface area contributed by atoms with E-state index in [1.54, 1.807) is 13.8 Å². The maximum absolute atomic E-state index is 11.5. The van der Waals surface area contributed by atoms with Gasteiger partial charge in [0.25, 0.3) is 0 Å². The molecular weight excluding hydrogens is 176 g/mol. The molecule has 0 radical (unpaired) electrons. The molecule has 0 aliphatic heterocycles. The summed E-state index contributed by atoms with van der Waals surface area (Å²) in [6, 6.07) is 0. The van der Waals surface area contributed by atoms with E-state index >= 15 is 0 Å². The molecule has 3 heteroatoms. The zero-order valence-corrected chi connectivity index (χ0v) is 9.52. The van der Waals surface area contributed by atoms with Gasteiger partial charge in [0.05, 0.1) is 5.54 Å². The van der Waals surface area contributed by atoms with E-state index in [-0.39, 0.29) is 5.91 Å². The lowest BCUT2D eigenvalue weighted by Gasteiger charge is -2.21. The van der Waals surface area contributed by atoms with Crippen molar-refractivity contribution in [3.05, 3.63) is 0 Å². The van der Waals surface area contributed by atoms with Crippen LogP contribution in [0, 0.1) is 5.41 Å². The van der Waals surface area contributed by atoms with Gasteiger partial charge in [0, 0.05) is 6.54 Å². The zero-order chi connectivity index (χ0) is 10.8. The molecule has 0 bridgehead atoms. The van der Waals surface area contributed by atoms with Crippen LogP contribution < -0.4 is 11.1 Å². The minimum absolute atomic E-state index is 0.0418. The summed E-state index contributed by atoms with van der Waals surface area (Å²) in [4.78, 5) is 11.5. The van der Waals surface area contributed by atoms with Crippen molar-refractivity contribution in [1.82, 2.24) is 5.32 Å². The molecule has 14 heavy (non-hydrogen) atoms. The number of hydrogen-bond donors (Lipinski definition) is 2. The predicted octanol–water partition coefficient (Wildman–Crippen LogP) is 1.42. The molecule has 1 saturated carbocycles. The van der Waals surface area contributed by atoms with Crippen LogP contribution in [0.25, 0.3) is 0 Å². The fourth-order valence-electron chi connectivity index (χ4n) is 1.72. The molecule has 1 amide bonds. The van der Waals surface area contributed by atoms with Crippen LogP contribution in [0.2, 0.25) is 0 Å². The lowest BCUT2D eigenvalue weighted by Crippen LogP contribution is -2.50.